The molecule has 0 aliphatic heterocycles. The van der Waals surface area contributed by atoms with Crippen molar-refractivity contribution in [3.63, 3.8) is 0 Å². The summed E-state index contributed by atoms with van der Waals surface area (Å²) >= 11 is 3.26. The third-order valence-electron chi connectivity index (χ3n) is 2.90. The Morgan fingerprint density at radius 2 is 1.88 bits per heavy atom. The predicted molar refractivity (Wildman–Crippen MR) is 69.3 cm³/mol. The van der Waals surface area contributed by atoms with Gasteiger partial charge in [-0.1, -0.05) is 41.3 Å². The summed E-state index contributed by atoms with van der Waals surface area (Å²) in [5.41, 5.74) is 0. The monoisotopic (exact) mass is 318 g/mol. The molecule has 0 atom stereocenters. The molecule has 1 aliphatic carbocycles. The Bertz CT molecular complexity index is 478. The molecule has 0 unspecified atom stereocenters. The van der Waals surface area contributed by atoms with Gasteiger partial charge < -0.3 is 0 Å². The van der Waals surface area contributed by atoms with Gasteiger partial charge in [0.05, 0.1) is 11.0 Å². The first-order valence-corrected chi connectivity index (χ1v) is 7.97. The van der Waals surface area contributed by atoms with Crippen LogP contribution in [0, 0.1) is 0 Å². The average Bonchev–Trinajstić information content (AvgIpc) is 2.30. The fourth-order valence-corrected chi connectivity index (χ4v) is 3.75. The van der Waals surface area contributed by atoms with Gasteiger partial charge >= 0.3 is 0 Å². The van der Waals surface area contributed by atoms with Crippen LogP contribution in [0.15, 0.2) is 33.6 Å². The zero-order valence-corrected chi connectivity index (χ0v) is 11.8. The summed E-state index contributed by atoms with van der Waals surface area (Å²) in [6.45, 7) is 0. The molecule has 1 aliphatic rings. The van der Waals surface area contributed by atoms with E-state index in [4.69, 9.17) is 4.18 Å². The lowest BCUT2D eigenvalue weighted by Gasteiger charge is -2.21. The molecule has 0 bridgehead atoms. The smallest absolute Gasteiger partial charge is 0.263 e. The van der Waals surface area contributed by atoms with Crippen molar-refractivity contribution in [3.05, 3.63) is 28.7 Å². The highest BCUT2D eigenvalue weighted by molar-refractivity contribution is 9.10. The van der Waals surface area contributed by atoms with E-state index in [1.54, 1.807) is 24.3 Å². The lowest BCUT2D eigenvalue weighted by Crippen LogP contribution is -2.21. The van der Waals surface area contributed by atoms with Gasteiger partial charge in [0, 0.05) is 4.47 Å². The van der Waals surface area contributed by atoms with E-state index in [1.807, 2.05) is 0 Å². The van der Waals surface area contributed by atoms with E-state index < -0.39 is 10.1 Å². The van der Waals surface area contributed by atoms with Crippen LogP contribution in [0.4, 0.5) is 0 Å². The standard InChI is InChI=1S/C12H15BrO3S/c13-10-5-4-8-12(9-10)17(14,15)16-11-6-2-1-3-7-11/h4-5,8-9,11H,1-3,6-7H2. The third kappa shape index (κ3) is 3.53. The highest BCUT2D eigenvalue weighted by Gasteiger charge is 2.23. The minimum absolute atomic E-state index is 0.146. The molecule has 0 spiro atoms. The summed E-state index contributed by atoms with van der Waals surface area (Å²) < 4.78 is 30.0. The molecule has 17 heavy (non-hydrogen) atoms. The van der Waals surface area contributed by atoms with Crippen LogP contribution in [0.25, 0.3) is 0 Å². The van der Waals surface area contributed by atoms with Crippen LogP contribution < -0.4 is 0 Å². The first-order valence-electron chi connectivity index (χ1n) is 5.77. The Kier molecular flexibility index (Phi) is 4.22. The minimum atomic E-state index is -3.61. The van der Waals surface area contributed by atoms with E-state index in [0.717, 1.165) is 30.2 Å². The lowest BCUT2D eigenvalue weighted by atomic mass is 9.98. The normalized spacial score (nSPS) is 18.2. The summed E-state index contributed by atoms with van der Waals surface area (Å²) in [6, 6.07) is 6.61. The van der Waals surface area contributed by atoms with Gasteiger partial charge in [-0.25, -0.2) is 0 Å². The summed E-state index contributed by atoms with van der Waals surface area (Å²) in [7, 11) is -3.61. The van der Waals surface area contributed by atoms with Crippen molar-refractivity contribution >= 4 is 26.0 Å². The number of hydrogen-bond donors (Lipinski definition) is 0. The van der Waals surface area contributed by atoms with Gasteiger partial charge in [0.15, 0.2) is 0 Å². The van der Waals surface area contributed by atoms with Crippen molar-refractivity contribution in [2.75, 3.05) is 0 Å². The van der Waals surface area contributed by atoms with E-state index in [9.17, 15) is 8.42 Å². The molecule has 94 valence electrons. The van der Waals surface area contributed by atoms with Gasteiger partial charge in [-0.15, -0.1) is 0 Å². The van der Waals surface area contributed by atoms with Gasteiger partial charge in [0.25, 0.3) is 10.1 Å². The zero-order valence-electron chi connectivity index (χ0n) is 9.43. The fourth-order valence-electron chi connectivity index (χ4n) is 2.02. The number of rotatable bonds is 3. The van der Waals surface area contributed by atoms with E-state index in [2.05, 4.69) is 15.9 Å². The van der Waals surface area contributed by atoms with E-state index in [-0.39, 0.29) is 11.0 Å². The molecular weight excluding hydrogens is 304 g/mol. The van der Waals surface area contributed by atoms with E-state index >= 15 is 0 Å². The zero-order chi connectivity index (χ0) is 12.3. The Morgan fingerprint density at radius 1 is 1.18 bits per heavy atom. The Labute approximate surface area is 110 Å². The molecule has 2 rings (SSSR count). The van der Waals surface area contributed by atoms with Gasteiger partial charge in [-0.05, 0) is 31.0 Å². The van der Waals surface area contributed by atoms with Gasteiger partial charge in [-0.3, -0.25) is 4.18 Å². The second-order valence-corrected chi connectivity index (χ2v) is 6.76. The molecule has 0 radical (unpaired) electrons. The molecule has 5 heteroatoms. The van der Waals surface area contributed by atoms with Crippen molar-refractivity contribution in [1.82, 2.24) is 0 Å². The van der Waals surface area contributed by atoms with Gasteiger partial charge in [0.2, 0.25) is 0 Å². The Hall–Kier alpha value is -0.390. The maximum absolute atomic E-state index is 12.0. The van der Waals surface area contributed by atoms with E-state index in [0.29, 0.717) is 0 Å². The molecule has 1 aromatic carbocycles. The van der Waals surface area contributed by atoms with Crippen LogP contribution in [-0.4, -0.2) is 14.5 Å². The van der Waals surface area contributed by atoms with Crippen LogP contribution in [0.2, 0.25) is 0 Å². The number of benzene rings is 1. The van der Waals surface area contributed by atoms with Gasteiger partial charge in [0.1, 0.15) is 0 Å². The Balaban J connectivity index is 2.13. The van der Waals surface area contributed by atoms with Crippen molar-refractivity contribution in [2.45, 2.75) is 43.1 Å². The van der Waals surface area contributed by atoms with Crippen LogP contribution in [0.5, 0.6) is 0 Å². The third-order valence-corrected chi connectivity index (χ3v) is 4.75. The molecule has 1 aromatic rings. The molecule has 0 saturated heterocycles. The molecular formula is C12H15BrO3S. The van der Waals surface area contributed by atoms with Crippen molar-refractivity contribution in [1.29, 1.82) is 0 Å². The van der Waals surface area contributed by atoms with E-state index in [1.165, 1.54) is 6.42 Å². The number of hydrogen-bond acceptors (Lipinski definition) is 3. The maximum Gasteiger partial charge on any atom is 0.297 e. The molecule has 1 fully saturated rings. The quantitative estimate of drug-likeness (QED) is 0.801. The van der Waals surface area contributed by atoms with Crippen molar-refractivity contribution in [3.8, 4) is 0 Å². The molecule has 0 heterocycles. The molecule has 0 amide bonds. The summed E-state index contributed by atoms with van der Waals surface area (Å²) in [5, 5.41) is 0. The lowest BCUT2D eigenvalue weighted by molar-refractivity contribution is 0.162. The Morgan fingerprint density at radius 3 is 2.53 bits per heavy atom. The van der Waals surface area contributed by atoms with Crippen molar-refractivity contribution in [2.24, 2.45) is 0 Å². The SMILES string of the molecule is O=S(=O)(OC1CCCCC1)c1cccc(Br)c1. The minimum Gasteiger partial charge on any atom is -0.263 e. The van der Waals surface area contributed by atoms with Crippen LogP contribution in [0.3, 0.4) is 0 Å². The molecule has 0 N–H and O–H groups in total. The molecule has 3 nitrogen and oxygen atoms in total. The molecule has 0 aromatic heterocycles. The van der Waals surface area contributed by atoms with Gasteiger partial charge in [-0.2, -0.15) is 8.42 Å². The van der Waals surface area contributed by atoms with Crippen LogP contribution in [-0.2, 0) is 14.3 Å². The van der Waals surface area contributed by atoms with Crippen molar-refractivity contribution < 1.29 is 12.6 Å². The average molecular weight is 319 g/mol. The van der Waals surface area contributed by atoms with Crippen LogP contribution in [0.1, 0.15) is 32.1 Å². The second kappa shape index (κ2) is 5.50. The first kappa shape index (κ1) is 13.1. The molecule has 1 saturated carbocycles. The summed E-state index contributed by atoms with van der Waals surface area (Å²) in [4.78, 5) is 0.220. The predicted octanol–water partition coefficient (Wildman–Crippen LogP) is 3.49. The second-order valence-electron chi connectivity index (χ2n) is 4.27. The summed E-state index contributed by atoms with van der Waals surface area (Å²) in [6.07, 6.45) is 4.82. The van der Waals surface area contributed by atoms with Crippen LogP contribution >= 0.6 is 15.9 Å². The first-order chi connectivity index (χ1) is 8.08. The highest BCUT2D eigenvalue weighted by Crippen LogP contribution is 2.25. The fraction of sp³-hybridized carbons (Fsp3) is 0.500. The largest absolute Gasteiger partial charge is 0.297 e. The number of halogens is 1. The maximum atomic E-state index is 12.0. The highest BCUT2D eigenvalue weighted by atomic mass is 79.9. The topological polar surface area (TPSA) is 43.4 Å². The summed E-state index contributed by atoms with van der Waals surface area (Å²) in [5.74, 6) is 0.